The van der Waals surface area contributed by atoms with Gasteiger partial charge in [-0.3, -0.25) is 4.79 Å². The van der Waals surface area contributed by atoms with Crippen LogP contribution in [0, 0.1) is 28.4 Å². The van der Waals surface area contributed by atoms with E-state index in [9.17, 15) is 4.79 Å². The molecule has 1 saturated carbocycles. The summed E-state index contributed by atoms with van der Waals surface area (Å²) in [5.74, 6) is 1.72. The molecule has 2 rings (SSSR count). The van der Waals surface area contributed by atoms with Crippen molar-refractivity contribution in [1.29, 1.82) is 5.26 Å². The Morgan fingerprint density at radius 3 is 3.00 bits per heavy atom. The lowest BCUT2D eigenvalue weighted by atomic mass is 9.95. The number of hydrogen-bond acceptors (Lipinski definition) is 4. The molecule has 0 aliphatic heterocycles. The third-order valence-corrected chi connectivity index (χ3v) is 3.64. The Labute approximate surface area is 93.5 Å². The number of hydrogen-bond donors (Lipinski definition) is 0. The summed E-state index contributed by atoms with van der Waals surface area (Å²) < 4.78 is 5.14. The number of ether oxygens (including phenoxy) is 1. The summed E-state index contributed by atoms with van der Waals surface area (Å²) in [6.07, 6.45) is 6.90. The van der Waals surface area contributed by atoms with Crippen LogP contribution in [0.2, 0.25) is 0 Å². The molecule has 1 fully saturated rings. The van der Waals surface area contributed by atoms with Gasteiger partial charge in [-0.1, -0.05) is 12.2 Å². The van der Waals surface area contributed by atoms with Gasteiger partial charge in [0.1, 0.15) is 11.2 Å². The number of allylic oxidation sites excluding steroid dienone is 2. The minimum atomic E-state index is -0.270. The van der Waals surface area contributed by atoms with Crippen molar-refractivity contribution in [3.63, 3.8) is 0 Å². The second-order valence-corrected chi connectivity index (χ2v) is 4.86. The molecule has 0 amide bonds. The lowest BCUT2D eigenvalue weighted by Crippen LogP contribution is -2.18. The zero-order chi connectivity index (χ0) is 10.7. The quantitative estimate of drug-likeness (QED) is 0.415. The van der Waals surface area contributed by atoms with E-state index in [4.69, 9.17) is 10.00 Å². The molecule has 0 aromatic rings. The Hall–Kier alpha value is -0.950. The maximum absolute atomic E-state index is 11.2. The average molecular weight is 223 g/mol. The molecule has 80 valence electrons. The van der Waals surface area contributed by atoms with E-state index in [1.54, 1.807) is 0 Å². The average Bonchev–Trinajstić information content (AvgIpc) is 2.84. The minimum Gasteiger partial charge on any atom is -0.465 e. The Balaban J connectivity index is 1.69. The smallest absolute Gasteiger partial charge is 0.316 e. The zero-order valence-corrected chi connectivity index (χ0v) is 9.20. The van der Waals surface area contributed by atoms with Crippen LogP contribution >= 0.6 is 11.8 Å². The summed E-state index contributed by atoms with van der Waals surface area (Å²) in [5.41, 5.74) is 0. The van der Waals surface area contributed by atoms with Crippen LogP contribution in [0.15, 0.2) is 12.2 Å². The van der Waals surface area contributed by atoms with Crippen molar-refractivity contribution in [2.75, 3.05) is 12.4 Å². The standard InChI is InChI=1S/C11H13NO2S/c12-7-15-6-11(13)14-5-10-4-8-1-2-9(10)3-8/h1-2,8-10H,3-6H2/t8-,9+,10+/m0/s1. The van der Waals surface area contributed by atoms with Crippen LogP contribution in [0.25, 0.3) is 0 Å². The minimum absolute atomic E-state index is 0.146. The first-order valence-corrected chi connectivity index (χ1v) is 6.13. The fourth-order valence-corrected chi connectivity index (χ4v) is 2.68. The monoisotopic (exact) mass is 223 g/mol. The van der Waals surface area contributed by atoms with Gasteiger partial charge < -0.3 is 4.74 Å². The van der Waals surface area contributed by atoms with Gasteiger partial charge >= 0.3 is 5.97 Å². The van der Waals surface area contributed by atoms with E-state index in [0.717, 1.165) is 18.2 Å². The molecule has 2 bridgehead atoms. The highest BCUT2D eigenvalue weighted by Gasteiger charge is 2.36. The SMILES string of the molecule is N#CSCC(=O)OC[C@H]1C[C@H]2C=C[C@@H]1C2. The number of esters is 1. The van der Waals surface area contributed by atoms with E-state index in [0.29, 0.717) is 24.4 Å². The Morgan fingerprint density at radius 2 is 2.40 bits per heavy atom. The number of carbonyl (C=O) groups is 1. The number of carbonyl (C=O) groups excluding carboxylic acids is 1. The molecule has 4 heteroatoms. The number of thioether (sulfide) groups is 1. The Morgan fingerprint density at radius 1 is 1.53 bits per heavy atom. The molecular formula is C11H13NO2S. The van der Waals surface area contributed by atoms with Crippen molar-refractivity contribution >= 4 is 17.7 Å². The summed E-state index contributed by atoms with van der Waals surface area (Å²) >= 11 is 0.931. The molecule has 0 N–H and O–H groups in total. The number of nitriles is 1. The summed E-state index contributed by atoms with van der Waals surface area (Å²) in [7, 11) is 0. The van der Waals surface area contributed by atoms with Crippen molar-refractivity contribution in [1.82, 2.24) is 0 Å². The summed E-state index contributed by atoms with van der Waals surface area (Å²) in [6.45, 7) is 0.524. The van der Waals surface area contributed by atoms with E-state index < -0.39 is 0 Å². The maximum atomic E-state index is 11.2. The molecule has 0 heterocycles. The molecule has 15 heavy (non-hydrogen) atoms. The predicted molar refractivity (Wildman–Crippen MR) is 57.9 cm³/mol. The maximum Gasteiger partial charge on any atom is 0.316 e. The lowest BCUT2D eigenvalue weighted by molar-refractivity contribution is -0.142. The van der Waals surface area contributed by atoms with Crippen molar-refractivity contribution in [3.05, 3.63) is 12.2 Å². The topological polar surface area (TPSA) is 50.1 Å². The van der Waals surface area contributed by atoms with E-state index in [1.807, 2.05) is 5.40 Å². The highest BCUT2D eigenvalue weighted by Crippen LogP contribution is 2.43. The first-order valence-electron chi connectivity index (χ1n) is 5.14. The molecule has 0 unspecified atom stereocenters. The third-order valence-electron chi connectivity index (χ3n) is 3.13. The first-order chi connectivity index (χ1) is 7.29. The van der Waals surface area contributed by atoms with Crippen LogP contribution in [-0.4, -0.2) is 18.3 Å². The largest absolute Gasteiger partial charge is 0.465 e. The van der Waals surface area contributed by atoms with E-state index in [2.05, 4.69) is 12.2 Å². The van der Waals surface area contributed by atoms with Gasteiger partial charge in [0, 0.05) is 0 Å². The van der Waals surface area contributed by atoms with Gasteiger partial charge in [-0.05, 0) is 42.4 Å². The van der Waals surface area contributed by atoms with Gasteiger partial charge in [0.05, 0.1) is 6.61 Å². The van der Waals surface area contributed by atoms with Crippen LogP contribution in [0.5, 0.6) is 0 Å². The van der Waals surface area contributed by atoms with Crippen molar-refractivity contribution in [3.8, 4) is 5.40 Å². The van der Waals surface area contributed by atoms with Crippen LogP contribution in [0.4, 0.5) is 0 Å². The number of thiocyanates is 1. The van der Waals surface area contributed by atoms with Crippen LogP contribution in [-0.2, 0) is 9.53 Å². The van der Waals surface area contributed by atoms with Gasteiger partial charge in [-0.15, -0.1) is 0 Å². The van der Waals surface area contributed by atoms with E-state index >= 15 is 0 Å². The normalized spacial score (nSPS) is 31.5. The van der Waals surface area contributed by atoms with Crippen LogP contribution in [0.1, 0.15) is 12.8 Å². The molecule has 0 saturated heterocycles. The Kier molecular flexibility index (Phi) is 3.32. The summed E-state index contributed by atoms with van der Waals surface area (Å²) in [6, 6.07) is 0. The number of rotatable bonds is 4. The predicted octanol–water partition coefficient (Wildman–Crippen LogP) is 1.96. The van der Waals surface area contributed by atoms with E-state index in [1.165, 1.54) is 6.42 Å². The number of fused-ring (bicyclic) bond motifs is 2. The van der Waals surface area contributed by atoms with Gasteiger partial charge in [-0.25, -0.2) is 0 Å². The first kappa shape index (κ1) is 10.6. The fourth-order valence-electron chi connectivity index (χ4n) is 2.42. The zero-order valence-electron chi connectivity index (χ0n) is 8.39. The molecule has 0 radical (unpaired) electrons. The molecule has 3 atom stereocenters. The molecule has 0 aromatic heterocycles. The van der Waals surface area contributed by atoms with Crippen molar-refractivity contribution in [2.45, 2.75) is 12.8 Å². The molecule has 0 spiro atoms. The van der Waals surface area contributed by atoms with Gasteiger partial charge in [0.15, 0.2) is 0 Å². The van der Waals surface area contributed by atoms with Crippen LogP contribution in [0.3, 0.4) is 0 Å². The van der Waals surface area contributed by atoms with E-state index in [-0.39, 0.29) is 11.7 Å². The highest BCUT2D eigenvalue weighted by atomic mass is 32.2. The second kappa shape index (κ2) is 4.71. The fraction of sp³-hybridized carbons (Fsp3) is 0.636. The summed E-state index contributed by atoms with van der Waals surface area (Å²) in [4.78, 5) is 11.2. The highest BCUT2D eigenvalue weighted by molar-refractivity contribution is 8.04. The molecule has 2 aliphatic rings. The molecule has 3 nitrogen and oxygen atoms in total. The van der Waals surface area contributed by atoms with Gasteiger partial charge in [-0.2, -0.15) is 5.26 Å². The van der Waals surface area contributed by atoms with Gasteiger partial charge in [0.25, 0.3) is 0 Å². The number of nitrogens with zero attached hydrogens (tertiary/aromatic N) is 1. The second-order valence-electron chi connectivity index (χ2n) is 4.10. The summed E-state index contributed by atoms with van der Waals surface area (Å²) in [5, 5.41) is 10.1. The third kappa shape index (κ3) is 2.54. The molecular weight excluding hydrogens is 210 g/mol. The molecule has 2 aliphatic carbocycles. The van der Waals surface area contributed by atoms with Crippen molar-refractivity contribution < 1.29 is 9.53 Å². The van der Waals surface area contributed by atoms with Gasteiger partial charge in [0.2, 0.25) is 0 Å². The molecule has 0 aromatic carbocycles. The lowest BCUT2D eigenvalue weighted by Gasteiger charge is -2.17. The van der Waals surface area contributed by atoms with Crippen molar-refractivity contribution in [2.24, 2.45) is 17.8 Å². The Bertz CT molecular complexity index is 321. The van der Waals surface area contributed by atoms with Crippen LogP contribution < -0.4 is 0 Å².